The highest BCUT2D eigenvalue weighted by Gasteiger charge is 2.23. The van der Waals surface area contributed by atoms with E-state index in [9.17, 15) is 14.7 Å². The Morgan fingerprint density at radius 2 is 1.53 bits per heavy atom. The maximum Gasteiger partial charge on any atom is 0.412 e. The summed E-state index contributed by atoms with van der Waals surface area (Å²) in [7, 11) is 0. The van der Waals surface area contributed by atoms with Crippen molar-refractivity contribution in [1.29, 1.82) is 0 Å². The van der Waals surface area contributed by atoms with Gasteiger partial charge < -0.3 is 20.9 Å². The van der Waals surface area contributed by atoms with Gasteiger partial charge in [0.15, 0.2) is 0 Å². The number of benzene rings is 4. The quantitative estimate of drug-likeness (QED) is 0.184. The second-order valence-corrected chi connectivity index (χ2v) is 8.36. The fourth-order valence-corrected chi connectivity index (χ4v) is 3.86. The molecule has 0 aliphatic carbocycles. The van der Waals surface area contributed by atoms with Crippen LogP contribution in [-0.2, 0) is 9.53 Å². The highest BCUT2D eigenvalue weighted by Crippen LogP contribution is 2.30. The van der Waals surface area contributed by atoms with Crippen LogP contribution < -0.4 is 16.4 Å². The zero-order valence-electron chi connectivity index (χ0n) is 19.7. The van der Waals surface area contributed by atoms with Gasteiger partial charge in [0.25, 0.3) is 0 Å². The normalized spacial score (nSPS) is 12.7. The van der Waals surface area contributed by atoms with Crippen molar-refractivity contribution in [3.8, 4) is 5.75 Å². The SMILES string of the molecule is C[C@H](/C=C/C(=O)Nc1ccccc1N)[C@H](OC(=O)Nc1cccc2ccccc12)c1ccc(O)cc1. The van der Waals surface area contributed by atoms with Gasteiger partial charge in [0, 0.05) is 11.3 Å². The number of phenols is 1. The molecular formula is C29H27N3O4. The molecule has 36 heavy (non-hydrogen) atoms. The fourth-order valence-electron chi connectivity index (χ4n) is 3.86. The molecule has 7 nitrogen and oxygen atoms in total. The zero-order valence-corrected chi connectivity index (χ0v) is 19.7. The van der Waals surface area contributed by atoms with E-state index in [1.54, 1.807) is 42.5 Å². The average molecular weight is 482 g/mol. The summed E-state index contributed by atoms with van der Waals surface area (Å²) in [6.45, 7) is 1.84. The van der Waals surface area contributed by atoms with Crippen LogP contribution in [0, 0.1) is 5.92 Å². The number of hydrogen-bond acceptors (Lipinski definition) is 5. The fraction of sp³-hybridized carbons (Fsp3) is 0.103. The van der Waals surface area contributed by atoms with Gasteiger partial charge in [0.1, 0.15) is 11.9 Å². The molecule has 4 rings (SSSR count). The summed E-state index contributed by atoms with van der Waals surface area (Å²) < 4.78 is 5.83. The molecule has 2 atom stereocenters. The number of nitrogens with one attached hydrogen (secondary N) is 2. The molecule has 0 bridgehead atoms. The van der Waals surface area contributed by atoms with Gasteiger partial charge in [0.05, 0.1) is 17.1 Å². The second-order valence-electron chi connectivity index (χ2n) is 8.36. The summed E-state index contributed by atoms with van der Waals surface area (Å²) in [5.74, 6) is -0.628. The Bertz CT molecular complexity index is 1390. The molecular weight excluding hydrogens is 454 g/mol. The minimum absolute atomic E-state index is 0.0979. The number of phenolic OH excluding ortho intramolecular Hbond substituents is 1. The predicted molar refractivity (Wildman–Crippen MR) is 143 cm³/mol. The number of fused-ring (bicyclic) bond motifs is 1. The summed E-state index contributed by atoms with van der Waals surface area (Å²) >= 11 is 0. The number of para-hydroxylation sites is 2. The highest BCUT2D eigenvalue weighted by molar-refractivity contribution is 6.01. The molecule has 5 N–H and O–H groups in total. The molecule has 0 aliphatic rings. The molecule has 0 aliphatic heterocycles. The van der Waals surface area contributed by atoms with E-state index >= 15 is 0 Å². The van der Waals surface area contributed by atoms with Crippen molar-refractivity contribution < 1.29 is 19.4 Å². The summed E-state index contributed by atoms with van der Waals surface area (Å²) in [5, 5.41) is 17.1. The predicted octanol–water partition coefficient (Wildman–Crippen LogP) is 6.25. The van der Waals surface area contributed by atoms with E-state index in [1.165, 1.54) is 18.2 Å². The average Bonchev–Trinajstić information content (AvgIpc) is 2.88. The van der Waals surface area contributed by atoms with Crippen molar-refractivity contribution in [3.63, 3.8) is 0 Å². The number of nitrogen functional groups attached to an aromatic ring is 1. The number of hydrogen-bond donors (Lipinski definition) is 4. The first-order valence-corrected chi connectivity index (χ1v) is 11.5. The van der Waals surface area contributed by atoms with Crippen molar-refractivity contribution in [2.45, 2.75) is 13.0 Å². The lowest BCUT2D eigenvalue weighted by Crippen LogP contribution is -2.21. The van der Waals surface area contributed by atoms with Crippen molar-refractivity contribution in [1.82, 2.24) is 0 Å². The van der Waals surface area contributed by atoms with Crippen LogP contribution in [0.15, 0.2) is 103 Å². The Morgan fingerprint density at radius 3 is 2.31 bits per heavy atom. The maximum atomic E-state index is 12.9. The summed E-state index contributed by atoms with van der Waals surface area (Å²) in [6, 6.07) is 26.7. The van der Waals surface area contributed by atoms with Crippen molar-refractivity contribution >= 4 is 39.8 Å². The molecule has 4 aromatic carbocycles. The number of nitrogens with two attached hydrogens (primary N) is 1. The molecule has 7 heteroatoms. The topological polar surface area (TPSA) is 114 Å². The minimum atomic E-state index is -0.716. The van der Waals surface area contributed by atoms with Crippen LogP contribution in [0.5, 0.6) is 5.75 Å². The van der Waals surface area contributed by atoms with Crippen LogP contribution in [0.2, 0.25) is 0 Å². The molecule has 0 spiro atoms. The standard InChI is InChI=1S/C29H27N3O4/c1-19(13-18-27(34)31-26-11-5-4-10-24(26)30)28(21-14-16-22(33)17-15-21)36-29(35)32-25-12-6-8-20-7-2-3-9-23(20)25/h2-19,28,33H,30H2,1H3,(H,31,34)(H,32,35)/b18-13+/t19-,28+/m1/s1. The van der Waals surface area contributed by atoms with Gasteiger partial charge in [-0.3, -0.25) is 10.1 Å². The molecule has 0 heterocycles. The molecule has 0 aromatic heterocycles. The van der Waals surface area contributed by atoms with E-state index in [-0.39, 0.29) is 17.6 Å². The summed E-state index contributed by atoms with van der Waals surface area (Å²) in [4.78, 5) is 25.4. The van der Waals surface area contributed by atoms with E-state index in [2.05, 4.69) is 10.6 Å². The first kappa shape index (κ1) is 24.3. The third-order valence-electron chi connectivity index (χ3n) is 5.73. The Hall–Kier alpha value is -4.78. The Labute approximate surface area is 209 Å². The molecule has 182 valence electrons. The van der Waals surface area contributed by atoms with E-state index in [0.29, 0.717) is 22.6 Å². The van der Waals surface area contributed by atoms with E-state index in [1.807, 2.05) is 49.4 Å². The Morgan fingerprint density at radius 1 is 0.861 bits per heavy atom. The monoisotopic (exact) mass is 481 g/mol. The van der Waals surface area contributed by atoms with Crippen LogP contribution in [0.1, 0.15) is 18.6 Å². The lowest BCUT2D eigenvalue weighted by molar-refractivity contribution is -0.111. The molecule has 0 saturated carbocycles. The first-order valence-electron chi connectivity index (χ1n) is 11.5. The summed E-state index contributed by atoms with van der Waals surface area (Å²) in [5.41, 5.74) is 8.17. The molecule has 0 unspecified atom stereocenters. The first-order chi connectivity index (χ1) is 17.4. The number of rotatable bonds is 7. The number of carbonyl (C=O) groups excluding carboxylic acids is 2. The van der Waals surface area contributed by atoms with Gasteiger partial charge in [-0.15, -0.1) is 0 Å². The van der Waals surface area contributed by atoms with Crippen molar-refractivity contribution in [2.75, 3.05) is 16.4 Å². The zero-order chi connectivity index (χ0) is 25.5. The highest BCUT2D eigenvalue weighted by atomic mass is 16.6. The van der Waals surface area contributed by atoms with Gasteiger partial charge in [-0.05, 0) is 47.4 Å². The number of carbonyl (C=O) groups is 2. The van der Waals surface area contributed by atoms with E-state index in [0.717, 1.165) is 10.8 Å². The molecule has 0 saturated heterocycles. The van der Waals surface area contributed by atoms with Gasteiger partial charge in [-0.1, -0.05) is 73.7 Å². The minimum Gasteiger partial charge on any atom is -0.508 e. The largest absolute Gasteiger partial charge is 0.508 e. The number of ether oxygens (including phenoxy) is 1. The molecule has 0 radical (unpaired) electrons. The van der Waals surface area contributed by atoms with Crippen molar-refractivity contribution in [3.05, 3.63) is 109 Å². The molecule has 2 amide bonds. The molecule has 4 aromatic rings. The third-order valence-corrected chi connectivity index (χ3v) is 5.73. The van der Waals surface area contributed by atoms with Gasteiger partial charge in [-0.25, -0.2) is 4.79 Å². The number of amides is 2. The Kier molecular flexibility index (Phi) is 7.51. The second kappa shape index (κ2) is 11.1. The van der Waals surface area contributed by atoms with Crippen LogP contribution >= 0.6 is 0 Å². The van der Waals surface area contributed by atoms with E-state index < -0.39 is 12.2 Å². The van der Waals surface area contributed by atoms with Gasteiger partial charge in [-0.2, -0.15) is 0 Å². The van der Waals surface area contributed by atoms with Crippen LogP contribution in [0.4, 0.5) is 21.9 Å². The Balaban J connectivity index is 1.51. The third kappa shape index (κ3) is 6.01. The number of aromatic hydroxyl groups is 1. The van der Waals surface area contributed by atoms with Crippen LogP contribution in [0.25, 0.3) is 10.8 Å². The lowest BCUT2D eigenvalue weighted by atomic mass is 9.96. The maximum absolute atomic E-state index is 12.9. The van der Waals surface area contributed by atoms with Gasteiger partial charge >= 0.3 is 6.09 Å². The summed E-state index contributed by atoms with van der Waals surface area (Å²) in [6.07, 6.45) is 1.70. The smallest absolute Gasteiger partial charge is 0.412 e. The van der Waals surface area contributed by atoms with Crippen molar-refractivity contribution in [2.24, 2.45) is 5.92 Å². The van der Waals surface area contributed by atoms with E-state index in [4.69, 9.17) is 10.5 Å². The van der Waals surface area contributed by atoms with Gasteiger partial charge in [0.2, 0.25) is 5.91 Å². The lowest BCUT2D eigenvalue weighted by Gasteiger charge is -2.23. The number of anilines is 3. The van der Waals surface area contributed by atoms with Crippen LogP contribution in [0.3, 0.4) is 0 Å². The van der Waals surface area contributed by atoms with Crippen LogP contribution in [-0.4, -0.2) is 17.1 Å². The molecule has 0 fully saturated rings.